The SMILES string of the molecule is COC(=O)c1ccc(-c2ccc(-n3c(-c4ccccc4)ccc3-c3ccccc3)cc2)cc1. The van der Waals surface area contributed by atoms with Crippen molar-refractivity contribution in [3.63, 3.8) is 0 Å². The monoisotopic (exact) mass is 429 g/mol. The molecule has 0 aliphatic heterocycles. The van der Waals surface area contributed by atoms with Gasteiger partial charge in [0.15, 0.2) is 0 Å². The molecule has 160 valence electrons. The van der Waals surface area contributed by atoms with Crippen molar-refractivity contribution in [1.29, 1.82) is 0 Å². The predicted molar refractivity (Wildman–Crippen MR) is 133 cm³/mol. The minimum atomic E-state index is -0.327. The Kier molecular flexibility index (Phi) is 5.61. The van der Waals surface area contributed by atoms with Gasteiger partial charge < -0.3 is 9.30 Å². The Morgan fingerprint density at radius 3 is 1.45 bits per heavy atom. The van der Waals surface area contributed by atoms with E-state index in [0.29, 0.717) is 5.56 Å². The molecule has 33 heavy (non-hydrogen) atoms. The molecule has 0 amide bonds. The molecule has 0 aliphatic carbocycles. The van der Waals surface area contributed by atoms with Crippen molar-refractivity contribution < 1.29 is 9.53 Å². The summed E-state index contributed by atoms with van der Waals surface area (Å²) in [5.41, 5.74) is 8.40. The zero-order valence-corrected chi connectivity index (χ0v) is 18.3. The van der Waals surface area contributed by atoms with E-state index in [0.717, 1.165) is 28.2 Å². The maximum absolute atomic E-state index is 11.7. The number of carbonyl (C=O) groups is 1. The van der Waals surface area contributed by atoms with E-state index in [-0.39, 0.29) is 5.97 Å². The van der Waals surface area contributed by atoms with Gasteiger partial charge in [-0.2, -0.15) is 0 Å². The average Bonchev–Trinajstić information content (AvgIpc) is 3.35. The van der Waals surface area contributed by atoms with Gasteiger partial charge in [0.1, 0.15) is 0 Å². The Bertz CT molecular complexity index is 1310. The molecule has 1 aromatic heterocycles. The first-order valence-electron chi connectivity index (χ1n) is 10.9. The summed E-state index contributed by atoms with van der Waals surface area (Å²) in [5, 5.41) is 0. The molecule has 0 spiro atoms. The number of nitrogens with zero attached hydrogens (tertiary/aromatic N) is 1. The van der Waals surface area contributed by atoms with Crippen LogP contribution in [0, 0.1) is 0 Å². The fourth-order valence-corrected chi connectivity index (χ4v) is 4.10. The summed E-state index contributed by atoms with van der Waals surface area (Å²) >= 11 is 0. The van der Waals surface area contributed by atoms with Gasteiger partial charge in [0.2, 0.25) is 0 Å². The van der Waals surface area contributed by atoms with E-state index in [1.807, 2.05) is 24.3 Å². The Morgan fingerprint density at radius 2 is 1.00 bits per heavy atom. The third-order valence-corrected chi connectivity index (χ3v) is 5.78. The van der Waals surface area contributed by atoms with Crippen molar-refractivity contribution in [2.75, 3.05) is 7.11 Å². The Hall–Kier alpha value is -4.37. The molecule has 0 N–H and O–H groups in total. The normalized spacial score (nSPS) is 10.7. The van der Waals surface area contributed by atoms with Gasteiger partial charge in [-0.25, -0.2) is 4.79 Å². The summed E-state index contributed by atoms with van der Waals surface area (Å²) in [6, 6.07) is 41.2. The molecule has 5 rings (SSSR count). The summed E-state index contributed by atoms with van der Waals surface area (Å²) in [7, 11) is 1.39. The average molecular weight is 430 g/mol. The summed E-state index contributed by atoms with van der Waals surface area (Å²) in [4.78, 5) is 11.7. The van der Waals surface area contributed by atoms with Crippen molar-refractivity contribution >= 4 is 5.97 Å². The number of esters is 1. The second kappa shape index (κ2) is 9.01. The van der Waals surface area contributed by atoms with Crippen LogP contribution in [0.3, 0.4) is 0 Å². The highest BCUT2D eigenvalue weighted by atomic mass is 16.5. The first kappa shape index (κ1) is 20.5. The zero-order chi connectivity index (χ0) is 22.6. The van der Waals surface area contributed by atoms with Gasteiger partial charge >= 0.3 is 5.97 Å². The molecular weight excluding hydrogens is 406 g/mol. The quantitative estimate of drug-likeness (QED) is 0.275. The van der Waals surface area contributed by atoms with E-state index in [4.69, 9.17) is 4.74 Å². The van der Waals surface area contributed by atoms with Crippen LogP contribution in [0.25, 0.3) is 39.3 Å². The molecule has 3 heteroatoms. The third-order valence-electron chi connectivity index (χ3n) is 5.78. The zero-order valence-electron chi connectivity index (χ0n) is 18.3. The van der Waals surface area contributed by atoms with E-state index >= 15 is 0 Å². The van der Waals surface area contributed by atoms with Crippen LogP contribution >= 0.6 is 0 Å². The maximum Gasteiger partial charge on any atom is 0.337 e. The fraction of sp³-hybridized carbons (Fsp3) is 0.0333. The summed E-state index contributed by atoms with van der Waals surface area (Å²) in [6.07, 6.45) is 0. The first-order valence-corrected chi connectivity index (χ1v) is 10.9. The molecule has 5 aromatic rings. The van der Waals surface area contributed by atoms with E-state index in [1.54, 1.807) is 12.1 Å². The van der Waals surface area contributed by atoms with Crippen LogP contribution in [-0.4, -0.2) is 17.6 Å². The van der Waals surface area contributed by atoms with Gasteiger partial charge in [-0.05, 0) is 58.7 Å². The number of carbonyl (C=O) groups excluding carboxylic acids is 1. The van der Waals surface area contributed by atoms with Crippen molar-refractivity contribution in [3.8, 4) is 39.3 Å². The highest BCUT2D eigenvalue weighted by molar-refractivity contribution is 5.90. The number of ether oxygens (including phenoxy) is 1. The number of methoxy groups -OCH3 is 1. The van der Waals surface area contributed by atoms with Gasteiger partial charge in [0.25, 0.3) is 0 Å². The molecule has 1 heterocycles. The number of hydrogen-bond acceptors (Lipinski definition) is 2. The lowest BCUT2D eigenvalue weighted by atomic mass is 10.0. The molecule has 0 radical (unpaired) electrons. The van der Waals surface area contributed by atoms with Crippen LogP contribution < -0.4 is 0 Å². The van der Waals surface area contributed by atoms with Crippen molar-refractivity contribution in [2.24, 2.45) is 0 Å². The lowest BCUT2D eigenvalue weighted by Crippen LogP contribution is -2.00. The predicted octanol–water partition coefficient (Wildman–Crippen LogP) is 7.26. The third kappa shape index (κ3) is 4.09. The second-order valence-corrected chi connectivity index (χ2v) is 7.79. The minimum Gasteiger partial charge on any atom is -0.465 e. The van der Waals surface area contributed by atoms with Gasteiger partial charge in [0.05, 0.1) is 24.1 Å². The van der Waals surface area contributed by atoms with Crippen LogP contribution in [0.5, 0.6) is 0 Å². The Balaban J connectivity index is 1.56. The molecule has 0 saturated heterocycles. The van der Waals surface area contributed by atoms with E-state index in [2.05, 4.69) is 89.5 Å². The number of aromatic nitrogens is 1. The highest BCUT2D eigenvalue weighted by Crippen LogP contribution is 2.33. The van der Waals surface area contributed by atoms with Crippen molar-refractivity contribution in [2.45, 2.75) is 0 Å². The van der Waals surface area contributed by atoms with E-state index < -0.39 is 0 Å². The molecule has 3 nitrogen and oxygen atoms in total. The van der Waals surface area contributed by atoms with Crippen molar-refractivity contribution in [3.05, 3.63) is 127 Å². The number of benzene rings is 4. The molecular formula is C30H23NO2. The van der Waals surface area contributed by atoms with Crippen LogP contribution in [0.2, 0.25) is 0 Å². The molecule has 0 atom stereocenters. The summed E-state index contributed by atoms with van der Waals surface area (Å²) in [6.45, 7) is 0. The largest absolute Gasteiger partial charge is 0.465 e. The Morgan fingerprint density at radius 1 is 0.545 bits per heavy atom. The minimum absolute atomic E-state index is 0.327. The van der Waals surface area contributed by atoms with Gasteiger partial charge in [-0.1, -0.05) is 84.9 Å². The standard InChI is InChI=1S/C30H23NO2/c1-33-30(32)26-14-12-22(13-15-26)23-16-18-27(19-17-23)31-28(24-8-4-2-5-9-24)20-21-29(31)25-10-6-3-7-11-25/h2-21H,1H3. The number of hydrogen-bond donors (Lipinski definition) is 0. The molecule has 0 aliphatic rings. The summed E-state index contributed by atoms with van der Waals surface area (Å²) < 4.78 is 7.09. The first-order chi connectivity index (χ1) is 16.2. The topological polar surface area (TPSA) is 31.2 Å². The van der Waals surface area contributed by atoms with Gasteiger partial charge in [-0.3, -0.25) is 0 Å². The second-order valence-electron chi connectivity index (χ2n) is 7.79. The van der Waals surface area contributed by atoms with Crippen LogP contribution in [0.1, 0.15) is 10.4 Å². The molecule has 0 fully saturated rings. The summed E-state index contributed by atoms with van der Waals surface area (Å²) in [5.74, 6) is -0.327. The highest BCUT2D eigenvalue weighted by Gasteiger charge is 2.14. The smallest absolute Gasteiger partial charge is 0.337 e. The van der Waals surface area contributed by atoms with Crippen LogP contribution in [0.4, 0.5) is 0 Å². The number of rotatable bonds is 5. The molecule has 0 bridgehead atoms. The Labute approximate surface area is 193 Å². The fourth-order valence-electron chi connectivity index (χ4n) is 4.10. The van der Waals surface area contributed by atoms with E-state index in [9.17, 15) is 4.79 Å². The van der Waals surface area contributed by atoms with E-state index in [1.165, 1.54) is 18.2 Å². The molecule has 0 unspecified atom stereocenters. The van der Waals surface area contributed by atoms with Gasteiger partial charge in [-0.15, -0.1) is 0 Å². The van der Waals surface area contributed by atoms with Crippen molar-refractivity contribution in [1.82, 2.24) is 4.57 Å². The molecule has 0 saturated carbocycles. The van der Waals surface area contributed by atoms with Gasteiger partial charge in [0, 0.05) is 5.69 Å². The lowest BCUT2D eigenvalue weighted by Gasteiger charge is -2.15. The maximum atomic E-state index is 11.7. The lowest BCUT2D eigenvalue weighted by molar-refractivity contribution is 0.0601. The van der Waals surface area contributed by atoms with Crippen LogP contribution in [-0.2, 0) is 4.74 Å². The van der Waals surface area contributed by atoms with Crippen LogP contribution in [0.15, 0.2) is 121 Å². The molecule has 4 aromatic carbocycles.